The summed E-state index contributed by atoms with van der Waals surface area (Å²) in [5, 5.41) is 19.5. The molecule has 5 nitrogen and oxygen atoms in total. The van der Waals surface area contributed by atoms with Crippen LogP contribution in [0.5, 0.6) is 0 Å². The minimum atomic E-state index is -0.734. The van der Waals surface area contributed by atoms with Crippen molar-refractivity contribution in [1.82, 2.24) is 0 Å². The van der Waals surface area contributed by atoms with Gasteiger partial charge in [0.2, 0.25) is 0 Å². The van der Waals surface area contributed by atoms with E-state index >= 15 is 0 Å². The first-order valence-corrected chi connectivity index (χ1v) is 11.0. The van der Waals surface area contributed by atoms with Crippen LogP contribution >= 0.6 is 0 Å². The third-order valence-corrected chi connectivity index (χ3v) is 7.38. The average molecular weight is 391 g/mol. The third-order valence-electron chi connectivity index (χ3n) is 7.38. The molecule has 4 aliphatic rings. The van der Waals surface area contributed by atoms with E-state index in [1.54, 1.807) is 0 Å². The minimum Gasteiger partial charge on any atom is -0.481 e. The number of carbonyl (C=O) groups is 1. The van der Waals surface area contributed by atoms with Gasteiger partial charge in [-0.2, -0.15) is 0 Å². The van der Waals surface area contributed by atoms with Crippen LogP contribution in [0.3, 0.4) is 0 Å². The predicted octanol–water partition coefficient (Wildman–Crippen LogP) is 3.86. The zero-order valence-corrected chi connectivity index (χ0v) is 16.8. The highest BCUT2D eigenvalue weighted by Crippen LogP contribution is 2.55. The van der Waals surface area contributed by atoms with Crippen LogP contribution in [0, 0.1) is 17.3 Å². The molecular formula is C23H34O5. The second kappa shape index (κ2) is 8.29. The molecule has 0 aromatic carbocycles. The molecule has 3 saturated heterocycles. The summed E-state index contributed by atoms with van der Waals surface area (Å²) in [6.07, 6.45) is 17.4. The highest BCUT2D eigenvalue weighted by molar-refractivity contribution is 5.66. The van der Waals surface area contributed by atoms with Crippen molar-refractivity contribution in [2.24, 2.45) is 17.3 Å². The van der Waals surface area contributed by atoms with Gasteiger partial charge in [-0.15, -0.1) is 0 Å². The van der Waals surface area contributed by atoms with E-state index in [0.717, 1.165) is 25.7 Å². The Morgan fingerprint density at radius 1 is 1.11 bits per heavy atom. The van der Waals surface area contributed by atoms with Gasteiger partial charge in [0.05, 0.1) is 18.3 Å². The average Bonchev–Trinajstić information content (AvgIpc) is 3.30. The molecule has 0 aromatic heterocycles. The molecular weight excluding hydrogens is 356 g/mol. The van der Waals surface area contributed by atoms with Gasteiger partial charge in [0, 0.05) is 18.3 Å². The van der Waals surface area contributed by atoms with Crippen LogP contribution in [0.2, 0.25) is 0 Å². The zero-order chi connectivity index (χ0) is 19.7. The molecule has 3 aliphatic heterocycles. The molecule has 0 spiro atoms. The van der Waals surface area contributed by atoms with E-state index < -0.39 is 12.1 Å². The fourth-order valence-corrected chi connectivity index (χ4v) is 5.53. The number of carboxylic acids is 1. The van der Waals surface area contributed by atoms with Gasteiger partial charge in [-0.3, -0.25) is 4.79 Å². The number of aliphatic hydroxyl groups excluding tert-OH is 1. The molecule has 0 aromatic rings. The van der Waals surface area contributed by atoms with E-state index in [-0.39, 0.29) is 36.3 Å². The zero-order valence-electron chi connectivity index (χ0n) is 16.8. The summed E-state index contributed by atoms with van der Waals surface area (Å²) in [6, 6.07) is 0. The molecule has 1 aliphatic carbocycles. The molecule has 4 fully saturated rings. The number of unbranched alkanes of at least 4 members (excludes halogenated alkanes) is 1. The summed E-state index contributed by atoms with van der Waals surface area (Å²) < 4.78 is 12.0. The molecule has 0 unspecified atom stereocenters. The number of hydrogen-bond donors (Lipinski definition) is 2. The number of fused-ring (bicyclic) bond motifs is 5. The van der Waals surface area contributed by atoms with Gasteiger partial charge in [-0.1, -0.05) is 50.5 Å². The van der Waals surface area contributed by atoms with Crippen LogP contribution in [0.25, 0.3) is 0 Å². The summed E-state index contributed by atoms with van der Waals surface area (Å²) in [4.78, 5) is 10.6. The number of carboxylic acid groups (broad SMARTS) is 1. The summed E-state index contributed by atoms with van der Waals surface area (Å²) in [5.74, 6) is -0.0615. The standard InChI is InChI=1S/C23H34O5/c1-23(13-7-4-8-14-23)17(24)12-11-16-15(9-5-2-3-6-10-18(25)26)19-21-22(28-21)20(16)27-19/h2,5,11-12,15-17,19-22,24H,3-4,6-10,13-14H2,1H3,(H,25,26)/b5-2-,12-11+/t15-,16+,17-,19-,20+,21+,22-/m0/s1. The number of hydrogen-bond acceptors (Lipinski definition) is 4. The second-order valence-corrected chi connectivity index (χ2v) is 9.41. The molecule has 3 heterocycles. The number of allylic oxidation sites excluding steroid dienone is 2. The Kier molecular flexibility index (Phi) is 5.96. The van der Waals surface area contributed by atoms with E-state index in [2.05, 4.69) is 25.2 Å². The number of aliphatic hydroxyl groups is 1. The van der Waals surface area contributed by atoms with Gasteiger partial charge < -0.3 is 19.7 Å². The molecule has 2 bridgehead atoms. The molecule has 7 atom stereocenters. The maximum absolute atomic E-state index is 10.8. The summed E-state index contributed by atoms with van der Waals surface area (Å²) in [7, 11) is 0. The van der Waals surface area contributed by atoms with Crippen molar-refractivity contribution in [2.45, 2.75) is 95.2 Å². The number of aliphatic carboxylic acids is 1. The first-order chi connectivity index (χ1) is 13.5. The van der Waals surface area contributed by atoms with Gasteiger partial charge in [0.25, 0.3) is 0 Å². The van der Waals surface area contributed by atoms with Crippen LogP contribution in [0.1, 0.15) is 64.7 Å². The lowest BCUT2D eigenvalue weighted by Crippen LogP contribution is -2.34. The van der Waals surface area contributed by atoms with Crippen molar-refractivity contribution < 1.29 is 24.5 Å². The van der Waals surface area contributed by atoms with Gasteiger partial charge in [-0.05, 0) is 37.5 Å². The molecule has 156 valence electrons. The number of ether oxygens (including phenoxy) is 2. The van der Waals surface area contributed by atoms with Crippen molar-refractivity contribution in [1.29, 1.82) is 0 Å². The van der Waals surface area contributed by atoms with Crippen LogP contribution in [-0.4, -0.2) is 46.7 Å². The number of epoxide rings is 1. The normalized spacial score (nSPS) is 39.5. The first-order valence-electron chi connectivity index (χ1n) is 11.0. The monoisotopic (exact) mass is 390 g/mol. The summed E-state index contributed by atoms with van der Waals surface area (Å²) >= 11 is 0. The van der Waals surface area contributed by atoms with Gasteiger partial charge >= 0.3 is 5.97 Å². The smallest absolute Gasteiger partial charge is 0.303 e. The molecule has 0 radical (unpaired) electrons. The molecule has 5 heteroatoms. The van der Waals surface area contributed by atoms with Gasteiger partial charge in [0.1, 0.15) is 12.2 Å². The summed E-state index contributed by atoms with van der Waals surface area (Å²) in [6.45, 7) is 2.22. The Labute approximate surface area is 167 Å². The van der Waals surface area contributed by atoms with Crippen LogP contribution in [0.15, 0.2) is 24.3 Å². The Balaban J connectivity index is 1.34. The van der Waals surface area contributed by atoms with E-state index in [4.69, 9.17) is 14.6 Å². The van der Waals surface area contributed by atoms with Crippen LogP contribution in [-0.2, 0) is 14.3 Å². The molecule has 1 saturated carbocycles. The second-order valence-electron chi connectivity index (χ2n) is 9.41. The molecule has 0 amide bonds. The van der Waals surface area contributed by atoms with Gasteiger partial charge in [-0.25, -0.2) is 0 Å². The van der Waals surface area contributed by atoms with Crippen molar-refractivity contribution in [3.05, 3.63) is 24.3 Å². The summed E-state index contributed by atoms with van der Waals surface area (Å²) in [5.41, 5.74) is 0.00534. The van der Waals surface area contributed by atoms with Crippen molar-refractivity contribution >= 4 is 5.97 Å². The maximum Gasteiger partial charge on any atom is 0.303 e. The third kappa shape index (κ3) is 4.07. The largest absolute Gasteiger partial charge is 0.481 e. The molecule has 28 heavy (non-hydrogen) atoms. The van der Waals surface area contributed by atoms with E-state index in [1.165, 1.54) is 19.3 Å². The fourth-order valence-electron chi connectivity index (χ4n) is 5.53. The Bertz CT molecular complexity index is 620. The topological polar surface area (TPSA) is 79.3 Å². The van der Waals surface area contributed by atoms with Crippen LogP contribution in [0.4, 0.5) is 0 Å². The van der Waals surface area contributed by atoms with Crippen molar-refractivity contribution in [3.63, 3.8) is 0 Å². The SMILES string of the molecule is CC1([C@@H](O)/C=C/[C@@H]2[C@H](C/C=C\CCCC(=O)O)[C@@H]3O[C@H]2[C@@H]2O[C@@H]23)CCCCC1. The minimum absolute atomic E-state index is 0.00534. The fraction of sp³-hybridized carbons (Fsp3) is 0.783. The lowest BCUT2D eigenvalue weighted by atomic mass is 9.71. The first kappa shape index (κ1) is 20.1. The van der Waals surface area contributed by atoms with E-state index in [1.807, 2.05) is 6.08 Å². The van der Waals surface area contributed by atoms with Crippen LogP contribution < -0.4 is 0 Å². The van der Waals surface area contributed by atoms with E-state index in [0.29, 0.717) is 18.3 Å². The molecule has 4 rings (SSSR count). The Hall–Kier alpha value is -1.17. The highest BCUT2D eigenvalue weighted by Gasteiger charge is 2.68. The van der Waals surface area contributed by atoms with Crippen molar-refractivity contribution in [2.75, 3.05) is 0 Å². The highest BCUT2D eigenvalue weighted by atomic mass is 16.7. The Morgan fingerprint density at radius 3 is 2.57 bits per heavy atom. The predicted molar refractivity (Wildman–Crippen MR) is 106 cm³/mol. The van der Waals surface area contributed by atoms with Gasteiger partial charge in [0.15, 0.2) is 0 Å². The quantitative estimate of drug-likeness (QED) is 0.355. The Morgan fingerprint density at radius 2 is 1.82 bits per heavy atom. The number of rotatable bonds is 9. The van der Waals surface area contributed by atoms with E-state index in [9.17, 15) is 9.90 Å². The lowest BCUT2D eigenvalue weighted by Gasteiger charge is -2.37. The maximum atomic E-state index is 10.8. The van der Waals surface area contributed by atoms with Crippen molar-refractivity contribution in [3.8, 4) is 0 Å². The lowest BCUT2D eigenvalue weighted by molar-refractivity contribution is -0.137. The molecule has 2 N–H and O–H groups in total.